The Labute approximate surface area is 141 Å². The molecule has 3 aromatic rings. The Balaban J connectivity index is 1.87. The number of esters is 1. The van der Waals surface area contributed by atoms with Crippen LogP contribution >= 0.6 is 0 Å². The highest BCUT2D eigenvalue weighted by molar-refractivity contribution is 5.82. The largest absolute Gasteiger partial charge is 0.431 e. The van der Waals surface area contributed by atoms with Gasteiger partial charge in [0.2, 0.25) is 6.29 Å². The molecule has 3 nitrogen and oxygen atoms in total. The van der Waals surface area contributed by atoms with E-state index in [9.17, 15) is 9.90 Å². The Morgan fingerprint density at radius 3 is 1.46 bits per heavy atom. The van der Waals surface area contributed by atoms with E-state index in [4.69, 9.17) is 4.74 Å². The standard InChI is InChI=1S/C21H18O3/c22-20(18-14-8-3-9-15-18)24-21(23)19(16-10-4-1-5-11-16)17-12-6-2-7-13-17/h1-15,19-20,22H. The summed E-state index contributed by atoms with van der Waals surface area (Å²) < 4.78 is 5.32. The lowest BCUT2D eigenvalue weighted by molar-refractivity contribution is -0.170. The third-order valence-corrected chi connectivity index (χ3v) is 3.81. The first kappa shape index (κ1) is 16.0. The molecule has 120 valence electrons. The van der Waals surface area contributed by atoms with Crippen molar-refractivity contribution in [1.29, 1.82) is 0 Å². The molecule has 0 spiro atoms. The maximum absolute atomic E-state index is 12.7. The topological polar surface area (TPSA) is 46.5 Å². The van der Waals surface area contributed by atoms with Crippen LogP contribution in [0, 0.1) is 0 Å². The zero-order valence-corrected chi connectivity index (χ0v) is 13.1. The molecule has 24 heavy (non-hydrogen) atoms. The summed E-state index contributed by atoms with van der Waals surface area (Å²) in [6.45, 7) is 0. The van der Waals surface area contributed by atoms with Gasteiger partial charge >= 0.3 is 5.97 Å². The minimum absolute atomic E-state index is 0.483. The van der Waals surface area contributed by atoms with Gasteiger partial charge in [0.1, 0.15) is 5.92 Å². The van der Waals surface area contributed by atoms with E-state index >= 15 is 0 Å². The molecule has 3 rings (SSSR count). The van der Waals surface area contributed by atoms with Gasteiger partial charge in [-0.05, 0) is 11.1 Å². The van der Waals surface area contributed by atoms with E-state index in [-0.39, 0.29) is 0 Å². The van der Waals surface area contributed by atoms with Crippen LogP contribution in [0.25, 0.3) is 0 Å². The molecule has 0 saturated heterocycles. The van der Waals surface area contributed by atoms with Gasteiger partial charge in [-0.2, -0.15) is 0 Å². The molecule has 0 bridgehead atoms. The van der Waals surface area contributed by atoms with Crippen LogP contribution in [0.4, 0.5) is 0 Å². The van der Waals surface area contributed by atoms with Crippen LogP contribution in [-0.2, 0) is 9.53 Å². The van der Waals surface area contributed by atoms with Crippen molar-refractivity contribution >= 4 is 5.97 Å². The lowest BCUT2D eigenvalue weighted by Crippen LogP contribution is -2.20. The van der Waals surface area contributed by atoms with Gasteiger partial charge in [-0.25, -0.2) is 0 Å². The number of carbonyl (C=O) groups is 1. The Bertz CT molecular complexity index is 730. The second-order valence-electron chi connectivity index (χ2n) is 5.45. The molecule has 1 N–H and O–H groups in total. The van der Waals surface area contributed by atoms with Crippen molar-refractivity contribution in [1.82, 2.24) is 0 Å². The molecule has 0 aliphatic rings. The smallest absolute Gasteiger partial charge is 0.320 e. The van der Waals surface area contributed by atoms with Crippen molar-refractivity contribution in [3.05, 3.63) is 108 Å². The monoisotopic (exact) mass is 318 g/mol. The maximum Gasteiger partial charge on any atom is 0.320 e. The maximum atomic E-state index is 12.7. The van der Waals surface area contributed by atoms with Crippen molar-refractivity contribution in [2.75, 3.05) is 0 Å². The van der Waals surface area contributed by atoms with Crippen LogP contribution in [-0.4, -0.2) is 11.1 Å². The molecule has 0 aromatic heterocycles. The van der Waals surface area contributed by atoms with Crippen molar-refractivity contribution < 1.29 is 14.6 Å². The van der Waals surface area contributed by atoms with Gasteiger partial charge in [-0.3, -0.25) is 4.79 Å². The summed E-state index contributed by atoms with van der Waals surface area (Å²) >= 11 is 0. The van der Waals surface area contributed by atoms with Crippen molar-refractivity contribution in [2.24, 2.45) is 0 Å². The van der Waals surface area contributed by atoms with E-state index in [2.05, 4.69) is 0 Å². The molecular weight excluding hydrogens is 300 g/mol. The lowest BCUT2D eigenvalue weighted by Gasteiger charge is -2.19. The summed E-state index contributed by atoms with van der Waals surface area (Å²) in [6.07, 6.45) is -1.28. The molecule has 0 saturated carbocycles. The van der Waals surface area contributed by atoms with Gasteiger partial charge in [0, 0.05) is 5.56 Å². The molecule has 0 radical (unpaired) electrons. The number of benzene rings is 3. The van der Waals surface area contributed by atoms with Crippen LogP contribution in [0.3, 0.4) is 0 Å². The molecule has 1 atom stereocenters. The van der Waals surface area contributed by atoms with Crippen LogP contribution in [0.15, 0.2) is 91.0 Å². The lowest BCUT2D eigenvalue weighted by atomic mass is 9.91. The Hall–Kier alpha value is -2.91. The van der Waals surface area contributed by atoms with E-state index in [0.717, 1.165) is 11.1 Å². The van der Waals surface area contributed by atoms with E-state index < -0.39 is 18.2 Å². The van der Waals surface area contributed by atoms with Gasteiger partial charge < -0.3 is 9.84 Å². The minimum atomic E-state index is -1.28. The van der Waals surface area contributed by atoms with Gasteiger partial charge in [0.05, 0.1) is 0 Å². The average molecular weight is 318 g/mol. The van der Waals surface area contributed by atoms with E-state index in [1.807, 2.05) is 66.7 Å². The van der Waals surface area contributed by atoms with Crippen molar-refractivity contribution in [2.45, 2.75) is 12.2 Å². The van der Waals surface area contributed by atoms with E-state index in [0.29, 0.717) is 5.56 Å². The zero-order chi connectivity index (χ0) is 16.8. The Morgan fingerprint density at radius 2 is 1.04 bits per heavy atom. The second-order valence-corrected chi connectivity index (χ2v) is 5.45. The van der Waals surface area contributed by atoms with Gasteiger partial charge in [-0.1, -0.05) is 91.0 Å². The summed E-state index contributed by atoms with van der Waals surface area (Å²) in [5.74, 6) is -1.06. The molecule has 3 aromatic carbocycles. The number of rotatable bonds is 5. The number of ether oxygens (including phenoxy) is 1. The first-order chi connectivity index (χ1) is 11.8. The molecular formula is C21H18O3. The third kappa shape index (κ3) is 3.70. The first-order valence-electron chi connectivity index (χ1n) is 7.79. The first-order valence-corrected chi connectivity index (χ1v) is 7.79. The quantitative estimate of drug-likeness (QED) is 0.570. The molecule has 0 fully saturated rings. The second kappa shape index (κ2) is 7.57. The van der Waals surface area contributed by atoms with Gasteiger partial charge in [0.15, 0.2) is 0 Å². The summed E-state index contributed by atoms with van der Waals surface area (Å²) in [7, 11) is 0. The number of hydrogen-bond donors (Lipinski definition) is 1. The number of aliphatic hydroxyl groups is 1. The third-order valence-electron chi connectivity index (χ3n) is 3.81. The summed E-state index contributed by atoms with van der Waals surface area (Å²) in [5, 5.41) is 10.2. The number of carbonyl (C=O) groups excluding carboxylic acids is 1. The van der Waals surface area contributed by atoms with Crippen molar-refractivity contribution in [3.8, 4) is 0 Å². The summed E-state index contributed by atoms with van der Waals surface area (Å²) in [4.78, 5) is 12.7. The normalized spacial score (nSPS) is 11.9. The van der Waals surface area contributed by atoms with Crippen LogP contribution in [0.5, 0.6) is 0 Å². The van der Waals surface area contributed by atoms with Gasteiger partial charge in [-0.15, -0.1) is 0 Å². The summed E-state index contributed by atoms with van der Waals surface area (Å²) in [6, 6.07) is 27.7. The molecule has 0 amide bonds. The van der Waals surface area contributed by atoms with Crippen LogP contribution in [0.2, 0.25) is 0 Å². The fourth-order valence-corrected chi connectivity index (χ4v) is 2.62. The fraction of sp³-hybridized carbons (Fsp3) is 0.0952. The Kier molecular flexibility index (Phi) is 5.04. The minimum Gasteiger partial charge on any atom is -0.431 e. The molecule has 1 unspecified atom stereocenters. The predicted molar refractivity (Wildman–Crippen MR) is 92.2 cm³/mol. The molecule has 0 aliphatic heterocycles. The Morgan fingerprint density at radius 1 is 0.667 bits per heavy atom. The van der Waals surface area contributed by atoms with Crippen molar-refractivity contribution in [3.63, 3.8) is 0 Å². The highest BCUT2D eigenvalue weighted by Gasteiger charge is 2.26. The highest BCUT2D eigenvalue weighted by atomic mass is 16.6. The SMILES string of the molecule is O=C(OC(O)c1ccccc1)C(c1ccccc1)c1ccccc1. The molecule has 0 heterocycles. The average Bonchev–Trinajstić information content (AvgIpc) is 2.64. The fourth-order valence-electron chi connectivity index (χ4n) is 2.62. The number of aliphatic hydroxyl groups excluding tert-OH is 1. The molecule has 0 aliphatic carbocycles. The van der Waals surface area contributed by atoms with Crippen LogP contribution < -0.4 is 0 Å². The molecule has 3 heteroatoms. The van der Waals surface area contributed by atoms with Gasteiger partial charge in [0.25, 0.3) is 0 Å². The zero-order valence-electron chi connectivity index (χ0n) is 13.1. The predicted octanol–water partition coefficient (Wildman–Crippen LogP) is 4.05. The number of hydrogen-bond acceptors (Lipinski definition) is 3. The van der Waals surface area contributed by atoms with E-state index in [1.54, 1.807) is 24.3 Å². The van der Waals surface area contributed by atoms with E-state index in [1.165, 1.54) is 0 Å². The highest BCUT2D eigenvalue weighted by Crippen LogP contribution is 2.28. The summed E-state index contributed by atoms with van der Waals surface area (Å²) in [5.41, 5.74) is 2.20. The van der Waals surface area contributed by atoms with Crippen LogP contribution in [0.1, 0.15) is 28.9 Å².